The number of amides is 1. The summed E-state index contributed by atoms with van der Waals surface area (Å²) in [5.74, 6) is 1.95. The minimum Gasteiger partial charge on any atom is -0.497 e. The van der Waals surface area contributed by atoms with Gasteiger partial charge in [0.15, 0.2) is 0 Å². The van der Waals surface area contributed by atoms with Crippen molar-refractivity contribution in [1.29, 1.82) is 0 Å². The predicted molar refractivity (Wildman–Crippen MR) is 104 cm³/mol. The van der Waals surface area contributed by atoms with Gasteiger partial charge in [-0.15, -0.1) is 0 Å². The van der Waals surface area contributed by atoms with Crippen molar-refractivity contribution in [2.45, 2.75) is 26.4 Å². The molecule has 0 saturated heterocycles. The number of para-hydroxylation sites is 1. The van der Waals surface area contributed by atoms with Gasteiger partial charge < -0.3 is 18.9 Å². The molecule has 0 radical (unpaired) electrons. The molecule has 3 aromatic rings. The lowest BCUT2D eigenvalue weighted by molar-refractivity contribution is 0.0664. The Labute approximate surface area is 163 Å². The van der Waals surface area contributed by atoms with Crippen LogP contribution in [0.3, 0.4) is 0 Å². The Bertz CT molecular complexity index is 935. The van der Waals surface area contributed by atoms with Crippen LogP contribution in [0.25, 0.3) is 11.4 Å². The van der Waals surface area contributed by atoms with Gasteiger partial charge in [-0.05, 0) is 50.2 Å². The Kier molecular flexibility index (Phi) is 5.93. The Balaban J connectivity index is 1.81. The number of hydrogen-bond acceptors (Lipinski definition) is 6. The Hall–Kier alpha value is -3.35. The molecule has 0 bridgehead atoms. The van der Waals surface area contributed by atoms with Crippen LogP contribution >= 0.6 is 0 Å². The maximum Gasteiger partial charge on any atom is 0.258 e. The zero-order valence-corrected chi connectivity index (χ0v) is 16.4. The van der Waals surface area contributed by atoms with Crippen molar-refractivity contribution in [2.75, 3.05) is 14.2 Å². The molecule has 0 spiro atoms. The van der Waals surface area contributed by atoms with Crippen LogP contribution in [0.15, 0.2) is 53.1 Å². The van der Waals surface area contributed by atoms with Crippen LogP contribution in [0.5, 0.6) is 11.5 Å². The molecular formula is C21H23N3O4. The predicted octanol–water partition coefficient (Wildman–Crippen LogP) is 3.80. The molecule has 3 rings (SSSR count). The van der Waals surface area contributed by atoms with E-state index in [4.69, 9.17) is 14.0 Å². The lowest BCUT2D eigenvalue weighted by atomic mass is 10.1. The van der Waals surface area contributed by atoms with E-state index in [1.54, 1.807) is 31.3 Å². The molecule has 1 heterocycles. The molecular weight excluding hydrogens is 358 g/mol. The van der Waals surface area contributed by atoms with Crippen molar-refractivity contribution in [3.63, 3.8) is 0 Å². The summed E-state index contributed by atoms with van der Waals surface area (Å²) in [6.07, 6.45) is 0. The van der Waals surface area contributed by atoms with Gasteiger partial charge in [0.05, 0.1) is 19.8 Å². The van der Waals surface area contributed by atoms with Crippen molar-refractivity contribution in [2.24, 2.45) is 0 Å². The summed E-state index contributed by atoms with van der Waals surface area (Å²) in [5.41, 5.74) is 1.30. The largest absolute Gasteiger partial charge is 0.497 e. The third kappa shape index (κ3) is 4.14. The number of nitrogens with zero attached hydrogens (tertiary/aromatic N) is 3. The Morgan fingerprint density at radius 2 is 1.79 bits per heavy atom. The third-order valence-electron chi connectivity index (χ3n) is 4.34. The molecule has 28 heavy (non-hydrogen) atoms. The minimum atomic E-state index is -0.156. The summed E-state index contributed by atoms with van der Waals surface area (Å²) < 4.78 is 15.9. The van der Waals surface area contributed by atoms with Crippen LogP contribution in [0.2, 0.25) is 0 Å². The lowest BCUT2D eigenvalue weighted by Crippen LogP contribution is -2.36. The van der Waals surface area contributed by atoms with Gasteiger partial charge in [0, 0.05) is 11.6 Å². The monoisotopic (exact) mass is 381 g/mol. The molecule has 7 heteroatoms. The number of carbonyl (C=O) groups is 1. The zero-order valence-electron chi connectivity index (χ0n) is 16.4. The number of aromatic nitrogens is 2. The molecule has 1 amide bonds. The van der Waals surface area contributed by atoms with Gasteiger partial charge in [0.2, 0.25) is 11.7 Å². The van der Waals surface area contributed by atoms with Crippen molar-refractivity contribution in [3.05, 3.63) is 60.0 Å². The van der Waals surface area contributed by atoms with Gasteiger partial charge in [-0.2, -0.15) is 4.98 Å². The molecule has 0 aliphatic heterocycles. The molecule has 0 aliphatic carbocycles. The second-order valence-corrected chi connectivity index (χ2v) is 6.47. The van der Waals surface area contributed by atoms with Crippen molar-refractivity contribution in [3.8, 4) is 22.9 Å². The molecule has 0 saturated carbocycles. The van der Waals surface area contributed by atoms with Gasteiger partial charge in [-0.25, -0.2) is 0 Å². The van der Waals surface area contributed by atoms with E-state index in [0.29, 0.717) is 23.0 Å². The van der Waals surface area contributed by atoms with E-state index in [2.05, 4.69) is 10.1 Å². The van der Waals surface area contributed by atoms with E-state index in [0.717, 1.165) is 11.3 Å². The second-order valence-electron chi connectivity index (χ2n) is 6.47. The molecule has 0 atom stereocenters. The summed E-state index contributed by atoms with van der Waals surface area (Å²) in [6.45, 7) is 4.08. The summed E-state index contributed by atoms with van der Waals surface area (Å²) in [4.78, 5) is 19.2. The number of hydrogen-bond donors (Lipinski definition) is 0. The van der Waals surface area contributed by atoms with Crippen molar-refractivity contribution >= 4 is 5.91 Å². The van der Waals surface area contributed by atoms with E-state index in [9.17, 15) is 4.79 Å². The first kappa shape index (κ1) is 19.4. The topological polar surface area (TPSA) is 77.7 Å². The first-order valence-corrected chi connectivity index (χ1v) is 8.94. The van der Waals surface area contributed by atoms with E-state index in [1.807, 2.05) is 50.2 Å². The van der Waals surface area contributed by atoms with Crippen LogP contribution < -0.4 is 9.47 Å². The Morgan fingerprint density at radius 1 is 1.07 bits per heavy atom. The highest BCUT2D eigenvalue weighted by atomic mass is 16.5. The third-order valence-corrected chi connectivity index (χ3v) is 4.34. The average Bonchev–Trinajstić information content (AvgIpc) is 3.20. The quantitative estimate of drug-likeness (QED) is 0.619. The van der Waals surface area contributed by atoms with Crippen molar-refractivity contribution < 1.29 is 18.8 Å². The number of ether oxygens (including phenoxy) is 2. The first-order chi connectivity index (χ1) is 13.5. The smallest absolute Gasteiger partial charge is 0.258 e. The normalized spacial score (nSPS) is 10.8. The molecule has 146 valence electrons. The number of carbonyl (C=O) groups excluding carboxylic acids is 1. The lowest BCUT2D eigenvalue weighted by Gasteiger charge is -2.25. The number of benzene rings is 2. The fourth-order valence-corrected chi connectivity index (χ4v) is 2.79. The first-order valence-electron chi connectivity index (χ1n) is 8.94. The fourth-order valence-electron chi connectivity index (χ4n) is 2.79. The zero-order chi connectivity index (χ0) is 20.1. The van der Waals surface area contributed by atoms with Crippen LogP contribution in [-0.4, -0.2) is 41.2 Å². The highest BCUT2D eigenvalue weighted by molar-refractivity contribution is 5.97. The van der Waals surface area contributed by atoms with Crippen LogP contribution in [-0.2, 0) is 6.54 Å². The van der Waals surface area contributed by atoms with E-state index < -0.39 is 0 Å². The number of rotatable bonds is 7. The Morgan fingerprint density at radius 3 is 2.43 bits per heavy atom. The highest BCUT2D eigenvalue weighted by Crippen LogP contribution is 2.23. The average molecular weight is 381 g/mol. The molecule has 0 fully saturated rings. The van der Waals surface area contributed by atoms with E-state index in [-0.39, 0.29) is 18.5 Å². The van der Waals surface area contributed by atoms with Gasteiger partial charge in [0.1, 0.15) is 18.0 Å². The van der Waals surface area contributed by atoms with Gasteiger partial charge >= 0.3 is 0 Å². The van der Waals surface area contributed by atoms with Crippen LogP contribution in [0.4, 0.5) is 0 Å². The summed E-state index contributed by atoms with van der Waals surface area (Å²) in [7, 11) is 3.16. The molecule has 7 nitrogen and oxygen atoms in total. The summed E-state index contributed by atoms with van der Waals surface area (Å²) in [6, 6.07) is 14.5. The summed E-state index contributed by atoms with van der Waals surface area (Å²) in [5, 5.41) is 4.03. The van der Waals surface area contributed by atoms with Crippen LogP contribution in [0, 0.1) is 0 Å². The second kappa shape index (κ2) is 8.56. The maximum absolute atomic E-state index is 13.1. The van der Waals surface area contributed by atoms with Gasteiger partial charge in [-0.1, -0.05) is 17.3 Å². The maximum atomic E-state index is 13.1. The molecule has 2 aromatic carbocycles. The van der Waals surface area contributed by atoms with Crippen molar-refractivity contribution in [1.82, 2.24) is 15.0 Å². The van der Waals surface area contributed by atoms with Gasteiger partial charge in [-0.3, -0.25) is 4.79 Å². The molecule has 0 unspecified atom stereocenters. The molecule has 1 aromatic heterocycles. The summed E-state index contributed by atoms with van der Waals surface area (Å²) >= 11 is 0. The number of methoxy groups -OCH3 is 2. The minimum absolute atomic E-state index is 0.0613. The highest BCUT2D eigenvalue weighted by Gasteiger charge is 2.24. The molecule has 0 aliphatic rings. The fraction of sp³-hybridized carbons (Fsp3) is 0.286. The SMILES string of the molecule is COc1ccc(-c2noc(CN(C(=O)c3ccccc3OC)C(C)C)n2)cc1. The van der Waals surface area contributed by atoms with Gasteiger partial charge in [0.25, 0.3) is 5.91 Å². The van der Waals surface area contributed by atoms with E-state index in [1.165, 1.54) is 0 Å². The standard InChI is InChI=1S/C21H23N3O4/c1-14(2)24(21(25)17-7-5-6-8-18(17)27-4)13-19-22-20(23-28-19)15-9-11-16(26-3)12-10-15/h5-12,14H,13H2,1-4H3. The molecule has 0 N–H and O–H groups in total. The van der Waals surface area contributed by atoms with E-state index >= 15 is 0 Å². The van der Waals surface area contributed by atoms with Crippen LogP contribution in [0.1, 0.15) is 30.1 Å².